The summed E-state index contributed by atoms with van der Waals surface area (Å²) in [5.74, 6) is 0.0572. The first-order chi connectivity index (χ1) is 13.9. The van der Waals surface area contributed by atoms with Crippen LogP contribution in [-0.4, -0.2) is 35.9 Å². The summed E-state index contributed by atoms with van der Waals surface area (Å²) in [5, 5.41) is 11.7. The highest BCUT2D eigenvalue weighted by Gasteiger charge is 2.44. The number of carbonyl (C=O) groups excluding carboxylic acids is 1. The number of benzene rings is 1. The van der Waals surface area contributed by atoms with Gasteiger partial charge in [-0.05, 0) is 49.8 Å². The Hall–Kier alpha value is -2.24. The number of hydrogen-bond acceptors (Lipinski definition) is 4. The van der Waals surface area contributed by atoms with Crippen molar-refractivity contribution in [2.24, 2.45) is 5.92 Å². The van der Waals surface area contributed by atoms with Crippen LogP contribution in [0.1, 0.15) is 71.8 Å². The highest BCUT2D eigenvalue weighted by Crippen LogP contribution is 2.26. The molecule has 1 aromatic rings. The number of unbranched alkanes of at least 4 members (excludes halogenated alkanes) is 4. The van der Waals surface area contributed by atoms with Gasteiger partial charge in [-0.2, -0.15) is 0 Å². The summed E-state index contributed by atoms with van der Waals surface area (Å²) in [7, 11) is 0. The molecule has 2 N–H and O–H groups in total. The number of carboxylic acid groups (broad SMARTS) is 1. The number of ether oxygens (including phenoxy) is 2. The molecule has 6 nitrogen and oxygen atoms in total. The molecule has 0 spiro atoms. The van der Waals surface area contributed by atoms with Gasteiger partial charge < -0.3 is 19.9 Å². The molecular weight excluding hydrogens is 370 g/mol. The predicted octanol–water partition coefficient (Wildman–Crippen LogP) is 5.19. The Morgan fingerprint density at radius 2 is 1.72 bits per heavy atom. The predicted molar refractivity (Wildman–Crippen MR) is 114 cm³/mol. The van der Waals surface area contributed by atoms with E-state index in [1.807, 2.05) is 38.1 Å². The van der Waals surface area contributed by atoms with Crippen molar-refractivity contribution in [2.75, 3.05) is 13.2 Å². The van der Waals surface area contributed by atoms with E-state index in [0.717, 1.165) is 17.7 Å². The lowest BCUT2D eigenvalue weighted by Crippen LogP contribution is -2.58. The van der Waals surface area contributed by atoms with Crippen molar-refractivity contribution in [3.05, 3.63) is 29.8 Å². The first-order valence-corrected chi connectivity index (χ1v) is 10.8. The van der Waals surface area contributed by atoms with Gasteiger partial charge in [-0.15, -0.1) is 0 Å². The van der Waals surface area contributed by atoms with Crippen LogP contribution < -0.4 is 10.1 Å². The maximum Gasteiger partial charge on any atom is 0.405 e. The fourth-order valence-electron chi connectivity index (χ4n) is 3.32. The average molecular weight is 408 g/mol. The minimum Gasteiger partial charge on any atom is -0.494 e. The minimum absolute atomic E-state index is 0.207. The molecule has 0 bridgehead atoms. The largest absolute Gasteiger partial charge is 0.494 e. The molecule has 1 rings (SSSR count). The molecule has 1 unspecified atom stereocenters. The fraction of sp³-hybridized carbons (Fsp3) is 0.652. The molecule has 0 fully saturated rings. The van der Waals surface area contributed by atoms with Gasteiger partial charge in [-0.3, -0.25) is 0 Å². The topological polar surface area (TPSA) is 84.9 Å². The number of esters is 1. The Balaban J connectivity index is 2.67. The molecule has 0 aliphatic rings. The van der Waals surface area contributed by atoms with Gasteiger partial charge in [-0.25, -0.2) is 9.59 Å². The SMILES string of the molecule is CCCCCCCOc1ccc(CCC(NC(=O)O)(C(=O)OCC)C(C)C)cc1. The van der Waals surface area contributed by atoms with E-state index < -0.39 is 17.6 Å². The molecule has 0 saturated heterocycles. The lowest BCUT2D eigenvalue weighted by Gasteiger charge is -2.35. The zero-order valence-electron chi connectivity index (χ0n) is 18.3. The maximum atomic E-state index is 12.6. The molecule has 164 valence electrons. The molecule has 0 aliphatic heterocycles. The Bertz CT molecular complexity index is 614. The summed E-state index contributed by atoms with van der Waals surface area (Å²) in [5.41, 5.74) is -0.253. The highest BCUT2D eigenvalue weighted by atomic mass is 16.5. The van der Waals surface area contributed by atoms with Crippen molar-refractivity contribution in [2.45, 2.75) is 78.2 Å². The normalized spacial score (nSPS) is 13.0. The van der Waals surface area contributed by atoms with Crippen LogP contribution in [0.5, 0.6) is 5.75 Å². The minimum atomic E-state index is -1.27. The lowest BCUT2D eigenvalue weighted by molar-refractivity contribution is -0.153. The van der Waals surface area contributed by atoms with Gasteiger partial charge in [0.2, 0.25) is 0 Å². The summed E-state index contributed by atoms with van der Waals surface area (Å²) < 4.78 is 11.0. The van der Waals surface area contributed by atoms with Crippen LogP contribution in [0.25, 0.3) is 0 Å². The van der Waals surface area contributed by atoms with Gasteiger partial charge in [0, 0.05) is 0 Å². The maximum absolute atomic E-state index is 12.6. The Kier molecular flexibility index (Phi) is 11.2. The Labute approximate surface area is 175 Å². The second kappa shape index (κ2) is 13.1. The molecule has 0 aromatic heterocycles. The third-order valence-electron chi connectivity index (χ3n) is 5.20. The van der Waals surface area contributed by atoms with Crippen LogP contribution in [0.2, 0.25) is 0 Å². The number of rotatable bonds is 14. The first kappa shape index (κ1) is 24.8. The summed E-state index contributed by atoms with van der Waals surface area (Å²) in [6.07, 6.45) is 5.65. The van der Waals surface area contributed by atoms with Crippen molar-refractivity contribution in [3.8, 4) is 5.75 Å². The molecule has 29 heavy (non-hydrogen) atoms. The molecule has 1 amide bonds. The second-order valence-corrected chi connectivity index (χ2v) is 7.68. The van der Waals surface area contributed by atoms with Gasteiger partial charge in [0.15, 0.2) is 0 Å². The molecule has 0 heterocycles. The van der Waals surface area contributed by atoms with Gasteiger partial charge in [0.05, 0.1) is 13.2 Å². The van der Waals surface area contributed by atoms with E-state index in [0.29, 0.717) is 19.4 Å². The average Bonchev–Trinajstić information content (AvgIpc) is 2.68. The zero-order valence-corrected chi connectivity index (χ0v) is 18.3. The molecule has 0 saturated carbocycles. The number of carbonyl (C=O) groups is 2. The summed E-state index contributed by atoms with van der Waals surface area (Å²) in [6, 6.07) is 7.77. The summed E-state index contributed by atoms with van der Waals surface area (Å²) >= 11 is 0. The third-order valence-corrected chi connectivity index (χ3v) is 5.20. The smallest absolute Gasteiger partial charge is 0.405 e. The van der Waals surface area contributed by atoms with Gasteiger partial charge in [0.25, 0.3) is 0 Å². The van der Waals surface area contributed by atoms with Crippen molar-refractivity contribution in [1.82, 2.24) is 5.32 Å². The third kappa shape index (κ3) is 8.34. The van der Waals surface area contributed by atoms with E-state index in [1.54, 1.807) is 6.92 Å². The molecular formula is C23H37NO5. The van der Waals surface area contributed by atoms with Crippen LogP contribution in [0.15, 0.2) is 24.3 Å². The number of nitrogens with one attached hydrogen (secondary N) is 1. The van der Waals surface area contributed by atoms with E-state index in [9.17, 15) is 14.7 Å². The van der Waals surface area contributed by atoms with E-state index >= 15 is 0 Å². The monoisotopic (exact) mass is 407 g/mol. The van der Waals surface area contributed by atoms with E-state index in [-0.39, 0.29) is 12.5 Å². The zero-order chi connectivity index (χ0) is 21.7. The Morgan fingerprint density at radius 3 is 2.28 bits per heavy atom. The van der Waals surface area contributed by atoms with E-state index in [4.69, 9.17) is 9.47 Å². The Morgan fingerprint density at radius 1 is 1.07 bits per heavy atom. The van der Waals surface area contributed by atoms with Crippen LogP contribution in [-0.2, 0) is 16.0 Å². The molecule has 0 aliphatic carbocycles. The summed E-state index contributed by atoms with van der Waals surface area (Å²) in [4.78, 5) is 23.9. The van der Waals surface area contributed by atoms with Gasteiger partial charge in [-0.1, -0.05) is 58.6 Å². The standard InChI is InChI=1S/C23H37NO5/c1-5-7-8-9-10-17-29-20-13-11-19(12-14-20)15-16-23(18(3)4,24-22(26)27)21(25)28-6-2/h11-14,18,24H,5-10,15-17H2,1-4H3,(H,26,27). The van der Waals surface area contributed by atoms with Gasteiger partial charge in [0.1, 0.15) is 11.3 Å². The molecule has 0 radical (unpaired) electrons. The molecule has 1 aromatic carbocycles. The van der Waals surface area contributed by atoms with Crippen LogP contribution in [0.4, 0.5) is 4.79 Å². The van der Waals surface area contributed by atoms with Crippen molar-refractivity contribution < 1.29 is 24.2 Å². The molecule has 6 heteroatoms. The quantitative estimate of drug-likeness (QED) is 0.327. The van der Waals surface area contributed by atoms with Crippen molar-refractivity contribution in [1.29, 1.82) is 0 Å². The van der Waals surface area contributed by atoms with Gasteiger partial charge >= 0.3 is 12.1 Å². The summed E-state index contributed by atoms with van der Waals surface area (Å²) in [6.45, 7) is 8.48. The fourth-order valence-corrected chi connectivity index (χ4v) is 3.32. The van der Waals surface area contributed by atoms with Crippen LogP contribution in [0, 0.1) is 5.92 Å². The first-order valence-electron chi connectivity index (χ1n) is 10.8. The van der Waals surface area contributed by atoms with Crippen molar-refractivity contribution in [3.63, 3.8) is 0 Å². The molecule has 1 atom stereocenters. The van der Waals surface area contributed by atoms with E-state index in [2.05, 4.69) is 12.2 Å². The number of aryl methyl sites for hydroxylation is 1. The number of hydrogen-bond donors (Lipinski definition) is 2. The van der Waals surface area contributed by atoms with E-state index in [1.165, 1.54) is 25.7 Å². The second-order valence-electron chi connectivity index (χ2n) is 7.68. The van der Waals surface area contributed by atoms with Crippen LogP contribution >= 0.6 is 0 Å². The van der Waals surface area contributed by atoms with Crippen molar-refractivity contribution >= 4 is 12.1 Å². The van der Waals surface area contributed by atoms with Crippen LogP contribution in [0.3, 0.4) is 0 Å². The lowest BCUT2D eigenvalue weighted by atomic mass is 9.81. The number of amides is 1. The highest BCUT2D eigenvalue weighted by molar-refractivity contribution is 5.85.